The Morgan fingerprint density at radius 3 is 2.59 bits per heavy atom. The third-order valence-electron chi connectivity index (χ3n) is 8.26. The molecule has 4 aliphatic carbocycles. The highest BCUT2D eigenvalue weighted by Crippen LogP contribution is 2.64. The van der Waals surface area contributed by atoms with Gasteiger partial charge in [-0.3, -0.25) is 9.59 Å². The lowest BCUT2D eigenvalue weighted by molar-refractivity contribution is -0.132. The first-order valence-corrected chi connectivity index (χ1v) is 9.53. The van der Waals surface area contributed by atoms with E-state index in [9.17, 15) is 9.59 Å². The van der Waals surface area contributed by atoms with Gasteiger partial charge in [0, 0.05) is 18.8 Å². The molecule has 2 nitrogen and oxygen atoms in total. The molecule has 0 bridgehead atoms. The second-order valence-electron chi connectivity index (χ2n) is 9.00. The number of rotatable bonds is 1. The highest BCUT2D eigenvalue weighted by atomic mass is 16.1. The fourth-order valence-corrected chi connectivity index (χ4v) is 7.33. The molecule has 0 radical (unpaired) electrons. The molecule has 0 saturated heterocycles. The average molecular weight is 302 g/mol. The molecule has 0 aliphatic heterocycles. The summed E-state index contributed by atoms with van der Waals surface area (Å²) in [5.41, 5.74) is 0.282. The van der Waals surface area contributed by atoms with Gasteiger partial charge in [-0.2, -0.15) is 0 Å². The third-order valence-corrected chi connectivity index (χ3v) is 8.26. The molecule has 4 fully saturated rings. The molecular formula is C20H30O2. The minimum Gasteiger partial charge on any atom is -0.300 e. The molecule has 2 unspecified atom stereocenters. The molecule has 4 saturated carbocycles. The fourth-order valence-electron chi connectivity index (χ4n) is 7.33. The van der Waals surface area contributed by atoms with Crippen LogP contribution in [0.25, 0.3) is 0 Å². The number of carbonyl (C=O) groups excluding carboxylic acids is 2. The monoisotopic (exact) mass is 302 g/mol. The van der Waals surface area contributed by atoms with Crippen LogP contribution in [0.4, 0.5) is 0 Å². The summed E-state index contributed by atoms with van der Waals surface area (Å²) in [6.07, 6.45) is 10.4. The van der Waals surface area contributed by atoms with Crippen LogP contribution in [0.1, 0.15) is 71.6 Å². The van der Waals surface area contributed by atoms with E-state index in [1.54, 1.807) is 0 Å². The number of Topliss-reactive ketones (excluding diaryl/α,β-unsaturated/α-hetero) is 2. The van der Waals surface area contributed by atoms with Crippen molar-refractivity contribution in [1.82, 2.24) is 0 Å². The summed E-state index contributed by atoms with van der Waals surface area (Å²) in [6.45, 7) is 4.23. The number of hydrogen-bond donors (Lipinski definition) is 0. The maximum atomic E-state index is 12.1. The van der Waals surface area contributed by atoms with E-state index < -0.39 is 0 Å². The lowest BCUT2D eigenvalue weighted by atomic mass is 9.49. The topological polar surface area (TPSA) is 34.1 Å². The molecule has 0 heterocycles. The summed E-state index contributed by atoms with van der Waals surface area (Å²) >= 11 is 0. The Morgan fingerprint density at radius 2 is 1.82 bits per heavy atom. The number of carbonyl (C=O) groups is 2. The minimum atomic E-state index is 0.282. The van der Waals surface area contributed by atoms with Crippen LogP contribution in [-0.4, -0.2) is 11.6 Å². The zero-order valence-corrected chi connectivity index (χ0v) is 14.1. The highest BCUT2D eigenvalue weighted by Gasteiger charge is 2.57. The van der Waals surface area contributed by atoms with Crippen LogP contribution < -0.4 is 0 Å². The second kappa shape index (κ2) is 5.18. The molecule has 0 aromatic carbocycles. The minimum absolute atomic E-state index is 0.282. The summed E-state index contributed by atoms with van der Waals surface area (Å²) in [5.74, 6) is 5.25. The largest absolute Gasteiger partial charge is 0.300 e. The van der Waals surface area contributed by atoms with Gasteiger partial charge in [0.05, 0.1) is 0 Å². The molecule has 4 aliphatic rings. The maximum Gasteiger partial charge on any atom is 0.133 e. The van der Waals surface area contributed by atoms with Gasteiger partial charge in [-0.25, -0.2) is 0 Å². The van der Waals surface area contributed by atoms with Gasteiger partial charge in [0.25, 0.3) is 0 Å². The number of hydrogen-bond acceptors (Lipinski definition) is 2. The van der Waals surface area contributed by atoms with E-state index in [1.807, 2.05) is 6.92 Å². The molecule has 0 spiro atoms. The average Bonchev–Trinajstić information content (AvgIpc) is 2.84. The van der Waals surface area contributed by atoms with Crippen molar-refractivity contribution in [1.29, 1.82) is 0 Å². The predicted molar refractivity (Wildman–Crippen MR) is 86.3 cm³/mol. The molecule has 22 heavy (non-hydrogen) atoms. The van der Waals surface area contributed by atoms with Gasteiger partial charge in [-0.15, -0.1) is 0 Å². The van der Waals surface area contributed by atoms with Crippen LogP contribution in [0, 0.1) is 40.9 Å². The van der Waals surface area contributed by atoms with Crippen molar-refractivity contribution in [2.45, 2.75) is 71.6 Å². The van der Waals surface area contributed by atoms with Crippen molar-refractivity contribution in [3.05, 3.63) is 0 Å². The van der Waals surface area contributed by atoms with Crippen molar-refractivity contribution < 1.29 is 9.59 Å². The Morgan fingerprint density at radius 1 is 1.00 bits per heavy atom. The van der Waals surface area contributed by atoms with Crippen molar-refractivity contribution in [3.8, 4) is 0 Å². The quantitative estimate of drug-likeness (QED) is 0.719. The van der Waals surface area contributed by atoms with Gasteiger partial charge in [0.1, 0.15) is 11.6 Å². The zero-order valence-electron chi connectivity index (χ0n) is 14.1. The predicted octanol–water partition coefficient (Wildman–Crippen LogP) is 4.41. The fraction of sp³-hybridized carbons (Fsp3) is 0.900. The van der Waals surface area contributed by atoms with Gasteiger partial charge >= 0.3 is 0 Å². The zero-order chi connectivity index (χ0) is 15.5. The van der Waals surface area contributed by atoms with E-state index in [1.165, 1.54) is 32.1 Å². The van der Waals surface area contributed by atoms with Crippen molar-refractivity contribution in [3.63, 3.8) is 0 Å². The smallest absolute Gasteiger partial charge is 0.133 e. The van der Waals surface area contributed by atoms with Gasteiger partial charge in [-0.05, 0) is 86.9 Å². The SMILES string of the molecule is CC(=O)[C@H]1CCC2[C@@H]3CC[C@@H]4CC(=O)CC[C@@H]4C3CC[C@@]21C. The summed E-state index contributed by atoms with van der Waals surface area (Å²) in [7, 11) is 0. The Labute approximate surface area is 134 Å². The highest BCUT2D eigenvalue weighted by molar-refractivity contribution is 5.80. The first-order valence-electron chi connectivity index (χ1n) is 9.53. The Balaban J connectivity index is 1.58. The van der Waals surface area contributed by atoms with Crippen LogP contribution in [0.2, 0.25) is 0 Å². The van der Waals surface area contributed by atoms with Crippen LogP contribution >= 0.6 is 0 Å². The van der Waals surface area contributed by atoms with Gasteiger partial charge in [0.15, 0.2) is 0 Å². The molecule has 0 N–H and O–H groups in total. The van der Waals surface area contributed by atoms with Crippen LogP contribution in [0.5, 0.6) is 0 Å². The molecule has 2 heteroatoms. The van der Waals surface area contributed by atoms with E-state index in [0.29, 0.717) is 23.4 Å². The lowest BCUT2D eigenvalue weighted by Gasteiger charge is -2.55. The lowest BCUT2D eigenvalue weighted by Crippen LogP contribution is -2.49. The van der Waals surface area contributed by atoms with Crippen molar-refractivity contribution in [2.24, 2.45) is 40.9 Å². The van der Waals surface area contributed by atoms with Crippen LogP contribution in [0.15, 0.2) is 0 Å². The molecule has 0 aromatic heterocycles. The first-order chi connectivity index (χ1) is 10.5. The van der Waals surface area contributed by atoms with E-state index in [-0.39, 0.29) is 5.41 Å². The van der Waals surface area contributed by atoms with E-state index >= 15 is 0 Å². The third kappa shape index (κ3) is 2.05. The van der Waals surface area contributed by atoms with Crippen LogP contribution in [-0.2, 0) is 9.59 Å². The number of fused-ring (bicyclic) bond motifs is 5. The molecule has 7 atom stereocenters. The molecular weight excluding hydrogens is 272 g/mol. The molecule has 122 valence electrons. The standard InChI is InChI=1S/C20H30O2/c1-12(21)18-7-8-19-17-5-3-13-11-14(22)4-6-15(13)16(17)9-10-20(18,19)2/h13,15-19H,3-11H2,1-2H3/t13-,15+,16?,17-,18-,19?,20-/m1/s1. The van der Waals surface area contributed by atoms with E-state index in [0.717, 1.165) is 49.4 Å². The summed E-state index contributed by atoms with van der Waals surface area (Å²) in [6, 6.07) is 0. The number of ketones is 2. The summed E-state index contributed by atoms with van der Waals surface area (Å²) in [5, 5.41) is 0. The van der Waals surface area contributed by atoms with Crippen LogP contribution in [0.3, 0.4) is 0 Å². The van der Waals surface area contributed by atoms with Crippen molar-refractivity contribution in [2.75, 3.05) is 0 Å². The van der Waals surface area contributed by atoms with Gasteiger partial charge < -0.3 is 0 Å². The molecule has 0 amide bonds. The van der Waals surface area contributed by atoms with E-state index in [4.69, 9.17) is 0 Å². The second-order valence-corrected chi connectivity index (χ2v) is 9.00. The van der Waals surface area contributed by atoms with Gasteiger partial charge in [0.2, 0.25) is 0 Å². The summed E-state index contributed by atoms with van der Waals surface area (Å²) in [4.78, 5) is 23.9. The Hall–Kier alpha value is -0.660. The Kier molecular flexibility index (Phi) is 3.51. The first kappa shape index (κ1) is 14.9. The Bertz CT molecular complexity index is 496. The molecule has 0 aromatic rings. The van der Waals surface area contributed by atoms with Gasteiger partial charge in [-0.1, -0.05) is 6.92 Å². The maximum absolute atomic E-state index is 12.1. The molecule has 4 rings (SSSR count). The van der Waals surface area contributed by atoms with E-state index in [2.05, 4.69) is 6.92 Å². The van der Waals surface area contributed by atoms with Crippen molar-refractivity contribution >= 4 is 11.6 Å². The summed E-state index contributed by atoms with van der Waals surface area (Å²) < 4.78 is 0. The normalized spacial score (nSPS) is 50.9.